The van der Waals surface area contributed by atoms with Crippen LogP contribution in [0.4, 0.5) is 0 Å². The van der Waals surface area contributed by atoms with E-state index in [0.717, 1.165) is 6.92 Å². The Morgan fingerprint density at radius 3 is 2.21 bits per heavy atom. The van der Waals surface area contributed by atoms with Crippen molar-refractivity contribution in [3.8, 4) is 0 Å². The molecule has 2 bridgehead atoms. The fourth-order valence-corrected chi connectivity index (χ4v) is 7.85. The lowest BCUT2D eigenvalue weighted by Crippen LogP contribution is -2.64. The van der Waals surface area contributed by atoms with E-state index in [1.54, 1.807) is 0 Å². The van der Waals surface area contributed by atoms with Crippen LogP contribution in [-0.4, -0.2) is 118 Å². The topological polar surface area (TPSA) is 243 Å². The van der Waals surface area contributed by atoms with Crippen molar-refractivity contribution in [2.75, 3.05) is 6.61 Å². The highest BCUT2D eigenvalue weighted by Crippen LogP contribution is 2.73. The number of ketones is 2. The van der Waals surface area contributed by atoms with Crippen LogP contribution in [0.5, 0.6) is 0 Å². The fraction of sp³-hybridized carbons (Fsp3) is 0.720. The molecule has 4 aliphatic carbocycles. The largest absolute Gasteiger partial charge is 0.507 e. The van der Waals surface area contributed by atoms with Gasteiger partial charge in [-0.15, -0.1) is 0 Å². The molecule has 13 heteroatoms. The van der Waals surface area contributed by atoms with Crippen LogP contribution >= 0.6 is 0 Å². The zero-order valence-corrected chi connectivity index (χ0v) is 20.9. The van der Waals surface area contributed by atoms with Gasteiger partial charge in [-0.2, -0.15) is 0 Å². The second-order valence-electron chi connectivity index (χ2n) is 11.8. The van der Waals surface area contributed by atoms with Crippen LogP contribution in [0, 0.1) is 22.7 Å². The SMILES string of the molecule is CC1C23CC(O)(CC2C(=O)C2=C(C3=O)C(O)=C(C3OC(CO)C(O)C(O)C3O)C(C)(O)C2O)C1(C)C(=O)O. The lowest BCUT2D eigenvalue weighted by atomic mass is 9.51. The van der Waals surface area contributed by atoms with E-state index in [2.05, 4.69) is 0 Å². The van der Waals surface area contributed by atoms with Gasteiger partial charge < -0.3 is 50.7 Å². The van der Waals surface area contributed by atoms with E-state index < -0.39 is 117 Å². The fourth-order valence-electron chi connectivity index (χ4n) is 7.85. The molecule has 5 aliphatic rings. The Morgan fingerprint density at radius 1 is 1.05 bits per heavy atom. The number of hydrogen-bond donors (Lipinski definition) is 9. The van der Waals surface area contributed by atoms with Crippen LogP contribution in [-0.2, 0) is 19.1 Å². The van der Waals surface area contributed by atoms with Gasteiger partial charge in [0.1, 0.15) is 48.0 Å². The van der Waals surface area contributed by atoms with Crippen molar-refractivity contribution in [1.82, 2.24) is 0 Å². The Morgan fingerprint density at radius 2 is 1.66 bits per heavy atom. The van der Waals surface area contributed by atoms with Gasteiger partial charge in [0.2, 0.25) is 0 Å². The summed E-state index contributed by atoms with van der Waals surface area (Å²) in [6.07, 6.45) is -11.9. The minimum atomic E-state index is -2.53. The summed E-state index contributed by atoms with van der Waals surface area (Å²) < 4.78 is 5.48. The molecule has 1 saturated heterocycles. The lowest BCUT2D eigenvalue weighted by Gasteiger charge is -2.52. The molecule has 5 rings (SSSR count). The van der Waals surface area contributed by atoms with E-state index in [1.807, 2.05) is 0 Å². The molecule has 3 fully saturated rings. The van der Waals surface area contributed by atoms with Gasteiger partial charge in [-0.05, 0) is 32.6 Å². The average molecular weight is 541 g/mol. The Bertz CT molecular complexity index is 1200. The van der Waals surface area contributed by atoms with Crippen molar-refractivity contribution in [2.45, 2.75) is 81.4 Å². The minimum absolute atomic E-state index is 0.375. The van der Waals surface area contributed by atoms with E-state index in [9.17, 15) is 60.3 Å². The standard InChI is InChI=1S/C25H32O13/c1-7-22(2,21(34)35)24(37)4-8-13(27)10-11(20(33)25(7,8)6-24)15(29)12(23(3,36)19(10)32)18-17(31)16(30)14(28)9(5-26)38-18/h7-9,14,16-19,26,28-32,36-37H,4-6H2,1-3H3,(H,34,35). The number of fused-ring (bicyclic) bond motifs is 1. The molecule has 12 unspecified atom stereocenters. The predicted molar refractivity (Wildman–Crippen MR) is 122 cm³/mol. The van der Waals surface area contributed by atoms with Crippen LogP contribution < -0.4 is 0 Å². The van der Waals surface area contributed by atoms with Gasteiger partial charge in [-0.3, -0.25) is 14.4 Å². The van der Waals surface area contributed by atoms with Crippen molar-refractivity contribution in [3.63, 3.8) is 0 Å². The summed E-state index contributed by atoms with van der Waals surface area (Å²) in [6.45, 7) is 2.89. The number of aliphatic carboxylic acids is 1. The van der Waals surface area contributed by atoms with Crippen molar-refractivity contribution in [2.24, 2.45) is 22.7 Å². The Balaban J connectivity index is 1.71. The zero-order chi connectivity index (χ0) is 28.5. The van der Waals surface area contributed by atoms with E-state index >= 15 is 0 Å². The number of aliphatic hydroxyl groups is 8. The molecular weight excluding hydrogens is 508 g/mol. The van der Waals surface area contributed by atoms with Crippen LogP contribution in [0.25, 0.3) is 0 Å². The summed E-state index contributed by atoms with van der Waals surface area (Å²) in [7, 11) is 0. The number of carbonyl (C=O) groups excluding carboxylic acids is 2. The average Bonchev–Trinajstić information content (AvgIpc) is 3.27. The van der Waals surface area contributed by atoms with Gasteiger partial charge in [-0.1, -0.05) is 6.92 Å². The number of rotatable bonds is 3. The van der Waals surface area contributed by atoms with Gasteiger partial charge in [0.05, 0.1) is 28.6 Å². The second kappa shape index (κ2) is 7.92. The van der Waals surface area contributed by atoms with Gasteiger partial charge in [0.25, 0.3) is 0 Å². The van der Waals surface area contributed by atoms with Crippen LogP contribution in [0.3, 0.4) is 0 Å². The van der Waals surface area contributed by atoms with Crippen LogP contribution in [0.2, 0.25) is 0 Å². The lowest BCUT2D eigenvalue weighted by molar-refractivity contribution is -0.226. The molecule has 1 aliphatic heterocycles. The maximum absolute atomic E-state index is 14.2. The van der Waals surface area contributed by atoms with Gasteiger partial charge in [0.15, 0.2) is 11.6 Å². The normalized spacial score (nSPS) is 52.4. The summed E-state index contributed by atoms with van der Waals surface area (Å²) in [5.74, 6) is -6.41. The molecule has 0 aromatic heterocycles. The molecule has 0 radical (unpaired) electrons. The molecule has 1 spiro atoms. The first-order valence-corrected chi connectivity index (χ1v) is 12.4. The van der Waals surface area contributed by atoms with Crippen molar-refractivity contribution in [3.05, 3.63) is 22.5 Å². The summed E-state index contributed by atoms with van der Waals surface area (Å²) in [4.78, 5) is 40.2. The molecular formula is C25H32O13. The van der Waals surface area contributed by atoms with E-state index in [1.165, 1.54) is 13.8 Å². The summed E-state index contributed by atoms with van der Waals surface area (Å²) in [6, 6.07) is 0. The monoisotopic (exact) mass is 540 g/mol. The first-order chi connectivity index (χ1) is 17.4. The number of allylic oxidation sites excluding steroid dienone is 1. The van der Waals surface area contributed by atoms with E-state index in [4.69, 9.17) is 4.74 Å². The van der Waals surface area contributed by atoms with Gasteiger partial charge >= 0.3 is 5.97 Å². The first-order valence-electron chi connectivity index (χ1n) is 12.4. The molecule has 9 N–H and O–H groups in total. The first kappa shape index (κ1) is 27.3. The predicted octanol–water partition coefficient (Wildman–Crippen LogP) is -2.92. The molecule has 38 heavy (non-hydrogen) atoms. The maximum Gasteiger partial charge on any atom is 0.312 e. The van der Waals surface area contributed by atoms with Crippen LogP contribution in [0.15, 0.2) is 22.5 Å². The summed E-state index contributed by atoms with van der Waals surface area (Å²) >= 11 is 0. The number of Topliss-reactive ketones (excluding diaryl/α,β-unsaturated/α-hetero) is 2. The third-order valence-corrected chi connectivity index (χ3v) is 10.3. The Labute approximate surface area is 216 Å². The van der Waals surface area contributed by atoms with Crippen LogP contribution in [0.1, 0.15) is 33.6 Å². The van der Waals surface area contributed by atoms with E-state index in [0.29, 0.717) is 0 Å². The van der Waals surface area contributed by atoms with Crippen molar-refractivity contribution < 1.29 is 65.1 Å². The molecule has 210 valence electrons. The summed E-state index contributed by atoms with van der Waals surface area (Å²) in [5, 5.41) is 96.0. The number of carboxylic acids is 1. The number of ether oxygens (including phenoxy) is 1. The molecule has 0 aromatic carbocycles. The Kier molecular flexibility index (Phi) is 5.70. The van der Waals surface area contributed by atoms with E-state index in [-0.39, 0.29) is 12.8 Å². The van der Waals surface area contributed by atoms with Crippen molar-refractivity contribution in [1.29, 1.82) is 0 Å². The quantitative estimate of drug-likeness (QED) is 0.174. The number of hydrogen-bond acceptors (Lipinski definition) is 12. The zero-order valence-electron chi connectivity index (χ0n) is 20.9. The highest BCUT2D eigenvalue weighted by molar-refractivity contribution is 6.20. The second-order valence-corrected chi connectivity index (χ2v) is 11.8. The van der Waals surface area contributed by atoms with Crippen molar-refractivity contribution >= 4 is 17.5 Å². The molecule has 12 atom stereocenters. The van der Waals surface area contributed by atoms with Gasteiger partial charge in [-0.25, -0.2) is 0 Å². The summed E-state index contributed by atoms with van der Waals surface area (Å²) in [5.41, 5.74) is -10.0. The third kappa shape index (κ3) is 2.80. The number of aliphatic hydroxyl groups excluding tert-OH is 6. The molecule has 0 amide bonds. The number of carbonyl (C=O) groups is 3. The molecule has 1 heterocycles. The smallest absolute Gasteiger partial charge is 0.312 e. The maximum atomic E-state index is 14.2. The molecule has 2 saturated carbocycles. The number of carboxylic acid groups (broad SMARTS) is 1. The highest BCUT2D eigenvalue weighted by atomic mass is 16.5. The third-order valence-electron chi connectivity index (χ3n) is 10.3. The minimum Gasteiger partial charge on any atom is -0.507 e. The molecule has 0 aromatic rings. The Hall–Kier alpha value is -2.23. The highest BCUT2D eigenvalue weighted by Gasteiger charge is 2.81. The molecule has 13 nitrogen and oxygen atoms in total. The van der Waals surface area contributed by atoms with Gasteiger partial charge in [0, 0.05) is 17.1 Å².